The molecule has 0 aromatic heterocycles. The number of nitrogens with zero attached hydrogens (tertiary/aromatic N) is 2. The Balaban J connectivity index is 1.91. The number of carbonyl (C=O) groups is 1. The summed E-state index contributed by atoms with van der Waals surface area (Å²) in [6.07, 6.45) is 5.29. The van der Waals surface area contributed by atoms with E-state index in [2.05, 4.69) is 46.8 Å². The lowest BCUT2D eigenvalue weighted by Crippen LogP contribution is -2.22. The third kappa shape index (κ3) is 7.88. The van der Waals surface area contributed by atoms with Gasteiger partial charge in [0, 0.05) is 11.4 Å². The highest BCUT2D eigenvalue weighted by Crippen LogP contribution is 2.14. The predicted molar refractivity (Wildman–Crippen MR) is 122 cm³/mol. The van der Waals surface area contributed by atoms with Gasteiger partial charge in [0.15, 0.2) is 0 Å². The molecular formula is C22H28N6O. The smallest absolute Gasteiger partial charge is 0.323 e. The molecule has 0 spiro atoms. The van der Waals surface area contributed by atoms with Crippen LogP contribution in [0.25, 0.3) is 6.08 Å². The number of nitrogens with two attached hydrogens (primary N) is 2. The first-order valence-electron chi connectivity index (χ1n) is 9.41. The summed E-state index contributed by atoms with van der Waals surface area (Å²) in [6.45, 7) is 6.17. The van der Waals surface area contributed by atoms with E-state index >= 15 is 0 Å². The van der Waals surface area contributed by atoms with Crippen LogP contribution in [0, 0.1) is 5.92 Å². The first kappa shape index (κ1) is 21.7. The molecule has 2 rings (SSSR count). The first-order chi connectivity index (χ1) is 13.8. The van der Waals surface area contributed by atoms with Gasteiger partial charge in [-0.2, -0.15) is 5.10 Å². The van der Waals surface area contributed by atoms with Crippen molar-refractivity contribution in [3.8, 4) is 0 Å². The Morgan fingerprint density at radius 1 is 0.966 bits per heavy atom. The van der Waals surface area contributed by atoms with Gasteiger partial charge in [-0.3, -0.25) is 0 Å². The number of amides is 2. The Hall–Kier alpha value is -3.61. The average molecular weight is 393 g/mol. The van der Waals surface area contributed by atoms with Gasteiger partial charge in [0.25, 0.3) is 0 Å². The summed E-state index contributed by atoms with van der Waals surface area (Å²) in [4.78, 5) is 12.2. The Morgan fingerprint density at radius 3 is 2.03 bits per heavy atom. The molecule has 152 valence electrons. The molecule has 0 aliphatic rings. The van der Waals surface area contributed by atoms with Crippen LogP contribution in [-0.2, 0) is 0 Å². The standard InChI is InChI=1S/C22H28N6O/c1-15(2)5-4-6-17-7-11-19(12-8-17)25-22(29)26-20-13-9-18(10-14-20)16(3)27-28-21(23)24/h4,6-15H,5H2,1-3H3,(H4,23,24,28)(H2,25,26,29)/b6-4+,27-16+. The Kier molecular flexibility index (Phi) is 7.97. The van der Waals surface area contributed by atoms with Crippen molar-refractivity contribution in [2.24, 2.45) is 27.6 Å². The van der Waals surface area contributed by atoms with Crippen molar-refractivity contribution >= 4 is 35.2 Å². The zero-order valence-electron chi connectivity index (χ0n) is 17.0. The second kappa shape index (κ2) is 10.7. The molecule has 0 bridgehead atoms. The molecule has 0 radical (unpaired) electrons. The van der Waals surface area contributed by atoms with Crippen molar-refractivity contribution in [2.75, 3.05) is 10.6 Å². The summed E-state index contributed by atoms with van der Waals surface area (Å²) < 4.78 is 0. The summed E-state index contributed by atoms with van der Waals surface area (Å²) in [7, 11) is 0. The van der Waals surface area contributed by atoms with E-state index < -0.39 is 0 Å². The van der Waals surface area contributed by atoms with Crippen LogP contribution < -0.4 is 22.1 Å². The fourth-order valence-corrected chi connectivity index (χ4v) is 2.43. The van der Waals surface area contributed by atoms with Crippen LogP contribution in [0.5, 0.6) is 0 Å². The van der Waals surface area contributed by atoms with Gasteiger partial charge in [-0.1, -0.05) is 50.3 Å². The minimum Gasteiger partial charge on any atom is -0.369 e. The quantitative estimate of drug-likeness (QED) is 0.318. The molecule has 0 atom stereocenters. The van der Waals surface area contributed by atoms with Crippen molar-refractivity contribution in [2.45, 2.75) is 27.2 Å². The zero-order valence-corrected chi connectivity index (χ0v) is 17.0. The number of urea groups is 1. The lowest BCUT2D eigenvalue weighted by Gasteiger charge is -2.09. The monoisotopic (exact) mass is 392 g/mol. The largest absolute Gasteiger partial charge is 0.369 e. The molecule has 0 saturated carbocycles. The summed E-state index contributed by atoms with van der Waals surface area (Å²) >= 11 is 0. The van der Waals surface area contributed by atoms with E-state index in [1.165, 1.54) is 0 Å². The van der Waals surface area contributed by atoms with E-state index in [1.54, 1.807) is 19.1 Å². The molecule has 29 heavy (non-hydrogen) atoms. The predicted octanol–water partition coefficient (Wildman–Crippen LogP) is 4.39. The van der Waals surface area contributed by atoms with Gasteiger partial charge in [0.1, 0.15) is 0 Å². The molecule has 2 aromatic carbocycles. The van der Waals surface area contributed by atoms with E-state index in [0.29, 0.717) is 17.3 Å². The van der Waals surface area contributed by atoms with E-state index in [1.807, 2.05) is 36.4 Å². The van der Waals surface area contributed by atoms with E-state index in [4.69, 9.17) is 11.5 Å². The Labute approximate surface area is 171 Å². The summed E-state index contributed by atoms with van der Waals surface area (Å²) in [5.74, 6) is 0.540. The molecule has 0 unspecified atom stereocenters. The zero-order chi connectivity index (χ0) is 21.2. The molecule has 0 saturated heterocycles. The topological polar surface area (TPSA) is 118 Å². The maximum absolute atomic E-state index is 12.2. The molecule has 7 heteroatoms. The number of hydrogen-bond acceptors (Lipinski definition) is 3. The number of anilines is 2. The average Bonchev–Trinajstić information content (AvgIpc) is 2.67. The third-order valence-corrected chi connectivity index (χ3v) is 3.96. The highest BCUT2D eigenvalue weighted by atomic mass is 16.2. The minimum absolute atomic E-state index is 0.0982. The number of carbonyl (C=O) groups excluding carboxylic acids is 1. The summed E-state index contributed by atoms with van der Waals surface area (Å²) in [5, 5.41) is 13.2. The Morgan fingerprint density at radius 2 is 1.52 bits per heavy atom. The highest BCUT2D eigenvalue weighted by molar-refractivity contribution is 6.01. The molecule has 7 nitrogen and oxygen atoms in total. The number of allylic oxidation sites excluding steroid dienone is 1. The van der Waals surface area contributed by atoms with Crippen LogP contribution in [0.2, 0.25) is 0 Å². The minimum atomic E-state index is -0.313. The van der Waals surface area contributed by atoms with E-state index in [-0.39, 0.29) is 12.0 Å². The molecule has 0 heterocycles. The highest BCUT2D eigenvalue weighted by Gasteiger charge is 2.04. The normalized spacial score (nSPS) is 11.5. The third-order valence-electron chi connectivity index (χ3n) is 3.96. The van der Waals surface area contributed by atoms with Crippen LogP contribution in [0.1, 0.15) is 38.3 Å². The van der Waals surface area contributed by atoms with Gasteiger partial charge in [-0.05, 0) is 54.7 Å². The lowest BCUT2D eigenvalue weighted by atomic mass is 10.1. The van der Waals surface area contributed by atoms with Crippen LogP contribution >= 0.6 is 0 Å². The number of rotatable bonds is 7. The van der Waals surface area contributed by atoms with Crippen molar-refractivity contribution in [1.82, 2.24) is 0 Å². The van der Waals surface area contributed by atoms with Gasteiger partial charge in [-0.15, -0.1) is 5.10 Å². The van der Waals surface area contributed by atoms with Gasteiger partial charge in [-0.25, -0.2) is 4.79 Å². The second-order valence-electron chi connectivity index (χ2n) is 7.02. The SMILES string of the molecule is C/C(=N\N=C(N)N)c1ccc(NC(=O)Nc2ccc(/C=C/CC(C)C)cc2)cc1. The summed E-state index contributed by atoms with van der Waals surface area (Å²) in [6, 6.07) is 14.6. The van der Waals surface area contributed by atoms with Crippen molar-refractivity contribution in [3.05, 3.63) is 65.7 Å². The molecule has 2 aromatic rings. The molecular weight excluding hydrogens is 364 g/mol. The van der Waals surface area contributed by atoms with Crippen LogP contribution in [0.3, 0.4) is 0 Å². The first-order valence-corrected chi connectivity index (χ1v) is 9.41. The van der Waals surface area contributed by atoms with Gasteiger partial charge >= 0.3 is 6.03 Å². The number of benzene rings is 2. The molecule has 6 N–H and O–H groups in total. The van der Waals surface area contributed by atoms with Crippen LogP contribution in [-0.4, -0.2) is 17.7 Å². The lowest BCUT2D eigenvalue weighted by molar-refractivity contribution is 0.262. The van der Waals surface area contributed by atoms with Crippen LogP contribution in [0.15, 0.2) is 64.8 Å². The van der Waals surface area contributed by atoms with Crippen molar-refractivity contribution in [3.63, 3.8) is 0 Å². The van der Waals surface area contributed by atoms with E-state index in [9.17, 15) is 4.79 Å². The second-order valence-corrected chi connectivity index (χ2v) is 7.02. The number of guanidine groups is 1. The Bertz CT molecular complexity index is 892. The molecule has 0 aliphatic carbocycles. The fourth-order valence-electron chi connectivity index (χ4n) is 2.43. The fraction of sp³-hybridized carbons (Fsp3) is 0.227. The molecule has 0 fully saturated rings. The number of nitrogens with one attached hydrogen (secondary N) is 2. The van der Waals surface area contributed by atoms with Gasteiger partial charge in [0.05, 0.1) is 5.71 Å². The van der Waals surface area contributed by atoms with Crippen molar-refractivity contribution < 1.29 is 4.79 Å². The molecule has 0 aliphatic heterocycles. The van der Waals surface area contributed by atoms with Crippen molar-refractivity contribution in [1.29, 1.82) is 0 Å². The maximum atomic E-state index is 12.2. The summed E-state index contributed by atoms with van der Waals surface area (Å²) in [5.41, 5.74) is 14.5. The van der Waals surface area contributed by atoms with E-state index in [0.717, 1.165) is 23.2 Å². The van der Waals surface area contributed by atoms with Gasteiger partial charge < -0.3 is 22.1 Å². The maximum Gasteiger partial charge on any atom is 0.323 e. The number of hydrogen-bond donors (Lipinski definition) is 4. The van der Waals surface area contributed by atoms with Gasteiger partial charge in [0.2, 0.25) is 5.96 Å². The molecule has 2 amide bonds. The van der Waals surface area contributed by atoms with Crippen LogP contribution in [0.4, 0.5) is 16.2 Å².